The van der Waals surface area contributed by atoms with Crippen LogP contribution < -0.4 is 10.8 Å². The number of hydroxylamine groups is 1. The van der Waals surface area contributed by atoms with Gasteiger partial charge in [0.15, 0.2) is 0 Å². The lowest BCUT2D eigenvalue weighted by Gasteiger charge is -2.25. The number of aliphatic hydroxyl groups excluding tert-OH is 1. The molecule has 6 heteroatoms. The van der Waals surface area contributed by atoms with Gasteiger partial charge < -0.3 is 10.4 Å². The van der Waals surface area contributed by atoms with Crippen molar-refractivity contribution in [3.05, 3.63) is 35.9 Å². The van der Waals surface area contributed by atoms with Crippen LogP contribution in [0, 0.1) is 5.92 Å². The average molecular weight is 304 g/mol. The second-order valence-corrected chi connectivity index (χ2v) is 5.40. The van der Waals surface area contributed by atoms with E-state index in [4.69, 9.17) is 5.21 Å². The highest BCUT2D eigenvalue weighted by Gasteiger charge is 2.26. The van der Waals surface area contributed by atoms with Crippen LogP contribution in [0.3, 0.4) is 0 Å². The zero-order valence-corrected chi connectivity index (χ0v) is 12.2. The van der Waals surface area contributed by atoms with E-state index in [2.05, 4.69) is 5.32 Å². The molecule has 0 unspecified atom stereocenters. The second kappa shape index (κ2) is 7.72. The Balaban J connectivity index is 2.07. The Hall–Kier alpha value is -2.18. The van der Waals surface area contributed by atoms with Crippen molar-refractivity contribution in [1.82, 2.24) is 5.48 Å². The number of amides is 2. The molecule has 0 spiro atoms. The quantitative estimate of drug-likeness (QED) is 0.386. The van der Waals surface area contributed by atoms with Crippen LogP contribution in [0.1, 0.15) is 31.2 Å². The van der Waals surface area contributed by atoms with Gasteiger partial charge in [0, 0.05) is 17.7 Å². The highest BCUT2D eigenvalue weighted by molar-refractivity contribution is 5.96. The fourth-order valence-corrected chi connectivity index (χ4v) is 2.60. The Morgan fingerprint density at radius 3 is 2.73 bits per heavy atom. The predicted octanol–water partition coefficient (Wildman–Crippen LogP) is 1.69. The van der Waals surface area contributed by atoms with Crippen molar-refractivity contribution in [3.63, 3.8) is 0 Å². The molecule has 2 amide bonds. The third kappa shape index (κ3) is 4.41. The summed E-state index contributed by atoms with van der Waals surface area (Å²) in [7, 11) is 0. The standard InChI is InChI=1S/C16H20N2O4/c19-13-6-3-5-12(10-13)16(21)17-14-7-2-1-4-11(14)8-9-15(20)18-22/h1-2,4,7-9,12-13,19,22H,3,5-6,10H2,(H,17,21)(H,18,20)/b9-8+/t12-,13+/m0/s1. The van der Waals surface area contributed by atoms with Crippen LogP contribution in [0.15, 0.2) is 30.3 Å². The molecule has 1 aliphatic carbocycles. The van der Waals surface area contributed by atoms with Crippen LogP contribution in [0.4, 0.5) is 5.69 Å². The molecule has 1 aromatic carbocycles. The number of carbonyl (C=O) groups is 2. The molecule has 1 aromatic rings. The lowest BCUT2D eigenvalue weighted by Crippen LogP contribution is -2.30. The zero-order valence-electron chi connectivity index (χ0n) is 12.2. The van der Waals surface area contributed by atoms with Crippen molar-refractivity contribution in [1.29, 1.82) is 0 Å². The minimum absolute atomic E-state index is 0.119. The monoisotopic (exact) mass is 304 g/mol. The number of nitrogens with one attached hydrogen (secondary N) is 2. The molecule has 22 heavy (non-hydrogen) atoms. The Morgan fingerprint density at radius 1 is 1.23 bits per heavy atom. The number of anilines is 1. The number of aliphatic hydroxyl groups is 1. The van der Waals surface area contributed by atoms with Crippen molar-refractivity contribution < 1.29 is 19.9 Å². The van der Waals surface area contributed by atoms with Crippen molar-refractivity contribution in [3.8, 4) is 0 Å². The molecule has 4 N–H and O–H groups in total. The smallest absolute Gasteiger partial charge is 0.267 e. The first kappa shape index (κ1) is 16.2. The fourth-order valence-electron chi connectivity index (χ4n) is 2.60. The third-order valence-corrected chi connectivity index (χ3v) is 3.76. The molecule has 1 saturated carbocycles. The molecule has 0 radical (unpaired) electrons. The van der Waals surface area contributed by atoms with Crippen LogP contribution in [0.25, 0.3) is 6.08 Å². The predicted molar refractivity (Wildman–Crippen MR) is 82.0 cm³/mol. The van der Waals surface area contributed by atoms with Crippen molar-refractivity contribution >= 4 is 23.6 Å². The van der Waals surface area contributed by atoms with Gasteiger partial charge in [0.25, 0.3) is 5.91 Å². The first-order chi connectivity index (χ1) is 10.6. The largest absolute Gasteiger partial charge is 0.393 e. The zero-order chi connectivity index (χ0) is 15.9. The van der Waals surface area contributed by atoms with Gasteiger partial charge in [-0.05, 0) is 37.0 Å². The summed E-state index contributed by atoms with van der Waals surface area (Å²) in [5, 5.41) is 21.0. The number of hydrogen-bond acceptors (Lipinski definition) is 4. The summed E-state index contributed by atoms with van der Waals surface area (Å²) in [4.78, 5) is 23.3. The van der Waals surface area contributed by atoms with Gasteiger partial charge in [-0.3, -0.25) is 14.8 Å². The van der Waals surface area contributed by atoms with Crippen LogP contribution >= 0.6 is 0 Å². The van der Waals surface area contributed by atoms with Gasteiger partial charge in [-0.1, -0.05) is 24.6 Å². The highest BCUT2D eigenvalue weighted by Crippen LogP contribution is 2.26. The summed E-state index contributed by atoms with van der Waals surface area (Å²) >= 11 is 0. The number of para-hydroxylation sites is 1. The SMILES string of the molecule is O=C(/C=C/c1ccccc1NC(=O)[C@H]1CCC[C@@H](O)C1)NO. The van der Waals surface area contributed by atoms with Crippen LogP contribution in [0.2, 0.25) is 0 Å². The normalized spacial score (nSPS) is 21.5. The molecule has 2 atom stereocenters. The maximum absolute atomic E-state index is 12.3. The number of rotatable bonds is 4. The first-order valence-electron chi connectivity index (χ1n) is 7.30. The molecule has 118 valence electrons. The van der Waals surface area contributed by atoms with Gasteiger partial charge >= 0.3 is 0 Å². The molecular weight excluding hydrogens is 284 g/mol. The molecule has 0 heterocycles. The van der Waals surface area contributed by atoms with E-state index < -0.39 is 12.0 Å². The summed E-state index contributed by atoms with van der Waals surface area (Å²) in [6.45, 7) is 0. The molecule has 0 saturated heterocycles. The van der Waals surface area contributed by atoms with Gasteiger partial charge in [0.2, 0.25) is 5.91 Å². The van der Waals surface area contributed by atoms with Gasteiger partial charge in [0.1, 0.15) is 0 Å². The average Bonchev–Trinajstić information content (AvgIpc) is 2.53. The Kier molecular flexibility index (Phi) is 5.68. The molecule has 0 bridgehead atoms. The lowest BCUT2D eigenvalue weighted by molar-refractivity contribution is -0.124. The van der Waals surface area contributed by atoms with E-state index in [0.717, 1.165) is 19.3 Å². The van der Waals surface area contributed by atoms with E-state index in [0.29, 0.717) is 17.7 Å². The van der Waals surface area contributed by atoms with Crippen LogP contribution in [0.5, 0.6) is 0 Å². The fraction of sp³-hybridized carbons (Fsp3) is 0.375. The van der Waals surface area contributed by atoms with Gasteiger partial charge in [-0.2, -0.15) is 0 Å². The van der Waals surface area contributed by atoms with Crippen molar-refractivity contribution in [2.75, 3.05) is 5.32 Å². The lowest BCUT2D eigenvalue weighted by atomic mass is 9.86. The summed E-state index contributed by atoms with van der Waals surface area (Å²) in [5.74, 6) is -0.954. The molecule has 6 nitrogen and oxygen atoms in total. The van der Waals surface area contributed by atoms with E-state index in [-0.39, 0.29) is 11.8 Å². The maximum atomic E-state index is 12.3. The first-order valence-corrected chi connectivity index (χ1v) is 7.30. The highest BCUT2D eigenvalue weighted by atomic mass is 16.5. The Labute approximate surface area is 128 Å². The molecular formula is C16H20N2O4. The minimum atomic E-state index is -0.642. The van der Waals surface area contributed by atoms with Crippen LogP contribution in [-0.2, 0) is 9.59 Å². The number of carbonyl (C=O) groups excluding carboxylic acids is 2. The number of hydrogen-bond donors (Lipinski definition) is 4. The molecule has 1 fully saturated rings. The molecule has 0 aliphatic heterocycles. The van der Waals surface area contributed by atoms with Gasteiger partial charge in [0.05, 0.1) is 6.10 Å². The third-order valence-electron chi connectivity index (χ3n) is 3.76. The van der Waals surface area contributed by atoms with Crippen LogP contribution in [-0.4, -0.2) is 28.2 Å². The second-order valence-electron chi connectivity index (χ2n) is 5.40. The van der Waals surface area contributed by atoms with E-state index in [1.54, 1.807) is 24.3 Å². The van der Waals surface area contributed by atoms with E-state index in [1.807, 2.05) is 0 Å². The topological polar surface area (TPSA) is 98.7 Å². The van der Waals surface area contributed by atoms with E-state index in [9.17, 15) is 14.7 Å². The van der Waals surface area contributed by atoms with E-state index in [1.165, 1.54) is 17.6 Å². The summed E-state index contributed by atoms with van der Waals surface area (Å²) in [6.07, 6.45) is 5.13. The Morgan fingerprint density at radius 2 is 2.00 bits per heavy atom. The van der Waals surface area contributed by atoms with Gasteiger partial charge in [-0.15, -0.1) is 0 Å². The van der Waals surface area contributed by atoms with E-state index >= 15 is 0 Å². The molecule has 2 rings (SSSR count). The molecule has 0 aromatic heterocycles. The van der Waals surface area contributed by atoms with Gasteiger partial charge in [-0.25, -0.2) is 5.48 Å². The number of benzene rings is 1. The molecule has 1 aliphatic rings. The summed E-state index contributed by atoms with van der Waals surface area (Å²) < 4.78 is 0. The van der Waals surface area contributed by atoms with Crippen molar-refractivity contribution in [2.24, 2.45) is 5.92 Å². The minimum Gasteiger partial charge on any atom is -0.393 e. The maximum Gasteiger partial charge on any atom is 0.267 e. The summed E-state index contributed by atoms with van der Waals surface area (Å²) in [5.41, 5.74) is 2.77. The Bertz CT molecular complexity index is 571. The summed E-state index contributed by atoms with van der Waals surface area (Å²) in [6, 6.07) is 7.07. The van der Waals surface area contributed by atoms with Crippen molar-refractivity contribution in [2.45, 2.75) is 31.8 Å².